The van der Waals surface area contributed by atoms with Gasteiger partial charge in [-0.15, -0.1) is 0 Å². The van der Waals surface area contributed by atoms with Crippen LogP contribution in [-0.4, -0.2) is 34.2 Å². The second kappa shape index (κ2) is 8.52. The quantitative estimate of drug-likeness (QED) is 0.424. The summed E-state index contributed by atoms with van der Waals surface area (Å²) in [4.78, 5) is 15.5. The topological polar surface area (TPSA) is 47.4 Å². The van der Waals surface area contributed by atoms with Crippen LogP contribution in [0.15, 0.2) is 78.9 Å². The SMILES string of the molecule is COc1ccc(-c2cc(C(=O)N3CCc4ccccc4C3)n(-c3ccccc3Cl)n2)cc1. The molecule has 0 bridgehead atoms. The Hall–Kier alpha value is -3.57. The molecule has 1 aliphatic rings. The van der Waals surface area contributed by atoms with Gasteiger partial charge in [0.1, 0.15) is 11.4 Å². The zero-order valence-electron chi connectivity index (χ0n) is 17.7. The Morgan fingerprint density at radius 1 is 0.969 bits per heavy atom. The predicted octanol–water partition coefficient (Wildman–Crippen LogP) is 5.40. The van der Waals surface area contributed by atoms with Crippen LogP contribution in [0.25, 0.3) is 16.9 Å². The average Bonchev–Trinajstić information content (AvgIpc) is 3.29. The maximum absolute atomic E-state index is 13.7. The van der Waals surface area contributed by atoms with Crippen molar-refractivity contribution in [2.24, 2.45) is 0 Å². The van der Waals surface area contributed by atoms with Gasteiger partial charge >= 0.3 is 0 Å². The number of carbonyl (C=O) groups excluding carboxylic acids is 1. The zero-order valence-corrected chi connectivity index (χ0v) is 18.4. The predicted molar refractivity (Wildman–Crippen MR) is 125 cm³/mol. The summed E-state index contributed by atoms with van der Waals surface area (Å²) in [5, 5.41) is 5.31. The van der Waals surface area contributed by atoms with Gasteiger partial charge < -0.3 is 9.64 Å². The second-order valence-electron chi connectivity index (χ2n) is 7.75. The van der Waals surface area contributed by atoms with Gasteiger partial charge in [-0.25, -0.2) is 4.68 Å². The fourth-order valence-electron chi connectivity index (χ4n) is 4.07. The smallest absolute Gasteiger partial charge is 0.272 e. The lowest BCUT2D eigenvalue weighted by atomic mass is 9.99. The van der Waals surface area contributed by atoms with Crippen LogP contribution in [0.1, 0.15) is 21.6 Å². The Bertz CT molecular complexity index is 1280. The van der Waals surface area contributed by atoms with E-state index in [1.54, 1.807) is 17.9 Å². The molecule has 2 heterocycles. The first-order valence-corrected chi connectivity index (χ1v) is 10.9. The van der Waals surface area contributed by atoms with Crippen molar-refractivity contribution in [1.82, 2.24) is 14.7 Å². The Labute approximate surface area is 191 Å². The highest BCUT2D eigenvalue weighted by Gasteiger charge is 2.26. The minimum Gasteiger partial charge on any atom is -0.497 e. The molecule has 0 saturated heterocycles. The van der Waals surface area contributed by atoms with Gasteiger partial charge in [-0.1, -0.05) is 48.0 Å². The van der Waals surface area contributed by atoms with E-state index >= 15 is 0 Å². The van der Waals surface area contributed by atoms with E-state index in [1.807, 2.05) is 65.6 Å². The molecule has 0 unspecified atom stereocenters. The van der Waals surface area contributed by atoms with Crippen LogP contribution >= 0.6 is 11.6 Å². The molecule has 0 spiro atoms. The molecule has 4 aromatic rings. The maximum atomic E-state index is 13.7. The molecule has 0 saturated carbocycles. The number of para-hydroxylation sites is 1. The van der Waals surface area contributed by atoms with E-state index in [9.17, 15) is 4.79 Å². The van der Waals surface area contributed by atoms with Crippen molar-refractivity contribution in [3.63, 3.8) is 0 Å². The van der Waals surface area contributed by atoms with Crippen LogP contribution in [0.5, 0.6) is 5.75 Å². The third kappa shape index (κ3) is 3.76. The Balaban J connectivity index is 1.56. The number of aromatic nitrogens is 2. The lowest BCUT2D eigenvalue weighted by molar-refractivity contribution is 0.0725. The molecule has 0 radical (unpaired) electrons. The lowest BCUT2D eigenvalue weighted by Gasteiger charge is -2.29. The number of ether oxygens (including phenoxy) is 1. The fourth-order valence-corrected chi connectivity index (χ4v) is 4.29. The molecular weight excluding hydrogens is 422 g/mol. The molecule has 3 aromatic carbocycles. The molecule has 1 aromatic heterocycles. The summed E-state index contributed by atoms with van der Waals surface area (Å²) >= 11 is 6.48. The molecule has 0 atom stereocenters. The van der Waals surface area contributed by atoms with Crippen LogP contribution in [-0.2, 0) is 13.0 Å². The first-order chi connectivity index (χ1) is 15.6. The second-order valence-corrected chi connectivity index (χ2v) is 8.16. The number of amides is 1. The van der Waals surface area contributed by atoms with Gasteiger partial charge in [-0.05, 0) is 60.0 Å². The van der Waals surface area contributed by atoms with E-state index in [0.29, 0.717) is 35.2 Å². The summed E-state index contributed by atoms with van der Waals surface area (Å²) in [7, 11) is 1.63. The van der Waals surface area contributed by atoms with Crippen molar-refractivity contribution in [3.05, 3.63) is 101 Å². The summed E-state index contributed by atoms with van der Waals surface area (Å²) in [6.07, 6.45) is 0.841. The van der Waals surface area contributed by atoms with Crippen LogP contribution < -0.4 is 4.74 Å². The maximum Gasteiger partial charge on any atom is 0.272 e. The van der Waals surface area contributed by atoms with E-state index in [0.717, 1.165) is 17.7 Å². The largest absolute Gasteiger partial charge is 0.497 e. The molecule has 0 N–H and O–H groups in total. The summed E-state index contributed by atoms with van der Waals surface area (Å²) in [5.41, 5.74) is 5.25. The van der Waals surface area contributed by atoms with Crippen molar-refractivity contribution in [2.75, 3.05) is 13.7 Å². The molecule has 1 aliphatic heterocycles. The third-order valence-corrected chi connectivity index (χ3v) is 6.13. The lowest BCUT2D eigenvalue weighted by Crippen LogP contribution is -2.37. The number of hydrogen-bond acceptors (Lipinski definition) is 3. The monoisotopic (exact) mass is 443 g/mol. The number of benzene rings is 3. The molecule has 5 rings (SSSR count). The van der Waals surface area contributed by atoms with Crippen LogP contribution in [0.4, 0.5) is 0 Å². The number of carbonyl (C=O) groups is 1. The van der Waals surface area contributed by atoms with Crippen molar-refractivity contribution in [2.45, 2.75) is 13.0 Å². The summed E-state index contributed by atoms with van der Waals surface area (Å²) in [6, 6.07) is 25.2. The summed E-state index contributed by atoms with van der Waals surface area (Å²) < 4.78 is 6.92. The van der Waals surface area contributed by atoms with E-state index in [1.165, 1.54) is 11.1 Å². The molecule has 0 fully saturated rings. The molecular formula is C26H22ClN3O2. The van der Waals surface area contributed by atoms with Crippen LogP contribution in [0.2, 0.25) is 5.02 Å². The normalized spacial score (nSPS) is 13.0. The minimum absolute atomic E-state index is 0.0633. The minimum atomic E-state index is -0.0633. The van der Waals surface area contributed by atoms with E-state index in [-0.39, 0.29) is 5.91 Å². The van der Waals surface area contributed by atoms with Gasteiger partial charge in [-0.2, -0.15) is 5.10 Å². The van der Waals surface area contributed by atoms with Gasteiger partial charge in [0.15, 0.2) is 0 Å². The van der Waals surface area contributed by atoms with Crippen molar-refractivity contribution >= 4 is 17.5 Å². The Morgan fingerprint density at radius 3 is 2.44 bits per heavy atom. The highest BCUT2D eigenvalue weighted by atomic mass is 35.5. The van der Waals surface area contributed by atoms with Gasteiger partial charge in [-0.3, -0.25) is 4.79 Å². The summed E-state index contributed by atoms with van der Waals surface area (Å²) in [5.74, 6) is 0.703. The van der Waals surface area contributed by atoms with E-state index < -0.39 is 0 Å². The van der Waals surface area contributed by atoms with Gasteiger partial charge in [0.05, 0.1) is 23.5 Å². The van der Waals surface area contributed by atoms with E-state index in [4.69, 9.17) is 21.4 Å². The number of methoxy groups -OCH3 is 1. The average molecular weight is 444 g/mol. The third-order valence-electron chi connectivity index (χ3n) is 5.81. The first-order valence-electron chi connectivity index (χ1n) is 10.5. The molecule has 6 heteroatoms. The van der Waals surface area contributed by atoms with Gasteiger partial charge in [0.25, 0.3) is 5.91 Å². The standard InChI is InChI=1S/C26H22ClN3O2/c1-32-21-12-10-19(11-13-21)23-16-25(30(28-23)24-9-5-4-8-22(24)27)26(31)29-15-14-18-6-2-3-7-20(18)17-29/h2-13,16H,14-15,17H2,1H3. The molecule has 0 aliphatic carbocycles. The van der Waals surface area contributed by atoms with Crippen molar-refractivity contribution in [1.29, 1.82) is 0 Å². The number of hydrogen-bond donors (Lipinski definition) is 0. The number of nitrogens with zero attached hydrogens (tertiary/aromatic N) is 3. The van der Waals surface area contributed by atoms with E-state index in [2.05, 4.69) is 12.1 Å². The number of fused-ring (bicyclic) bond motifs is 1. The molecule has 32 heavy (non-hydrogen) atoms. The molecule has 5 nitrogen and oxygen atoms in total. The Kier molecular flexibility index (Phi) is 5.41. The van der Waals surface area contributed by atoms with Gasteiger partial charge in [0.2, 0.25) is 0 Å². The highest BCUT2D eigenvalue weighted by molar-refractivity contribution is 6.32. The fraction of sp³-hybridized carbons (Fsp3) is 0.154. The van der Waals surface area contributed by atoms with Crippen LogP contribution in [0.3, 0.4) is 0 Å². The highest BCUT2D eigenvalue weighted by Crippen LogP contribution is 2.28. The number of rotatable bonds is 4. The Morgan fingerprint density at radius 2 is 1.69 bits per heavy atom. The summed E-state index contributed by atoms with van der Waals surface area (Å²) in [6.45, 7) is 1.25. The van der Waals surface area contributed by atoms with Gasteiger partial charge in [0, 0.05) is 18.7 Å². The molecule has 1 amide bonds. The zero-order chi connectivity index (χ0) is 22.1. The van der Waals surface area contributed by atoms with Crippen molar-refractivity contribution < 1.29 is 9.53 Å². The first kappa shape index (κ1) is 20.3. The van der Waals surface area contributed by atoms with Crippen LogP contribution in [0, 0.1) is 0 Å². The molecule has 160 valence electrons. The number of halogens is 1. The van der Waals surface area contributed by atoms with Crippen molar-refractivity contribution in [3.8, 4) is 22.7 Å².